The topological polar surface area (TPSA) is 165 Å². The van der Waals surface area contributed by atoms with Crippen molar-refractivity contribution in [3.05, 3.63) is 111 Å². The van der Waals surface area contributed by atoms with Gasteiger partial charge in [-0.15, -0.1) is 0 Å². The van der Waals surface area contributed by atoms with E-state index < -0.39 is 11.5 Å². The first-order valence-corrected chi connectivity index (χ1v) is 19.3. The van der Waals surface area contributed by atoms with E-state index in [4.69, 9.17) is 4.74 Å². The highest BCUT2D eigenvalue weighted by Crippen LogP contribution is 2.40. The number of aromatic nitrogens is 1. The first kappa shape index (κ1) is 38.0. The van der Waals surface area contributed by atoms with Crippen molar-refractivity contribution >= 4 is 34.4 Å². The van der Waals surface area contributed by atoms with Crippen LogP contribution in [0.15, 0.2) is 88.6 Å². The number of rotatable bonds is 14. The molecule has 1 aromatic heterocycles. The smallest absolute Gasteiger partial charge is 0.317 e. The fourth-order valence-electron chi connectivity index (χ4n) is 8.08. The van der Waals surface area contributed by atoms with Crippen molar-refractivity contribution < 1.29 is 29.3 Å². The van der Waals surface area contributed by atoms with Crippen molar-refractivity contribution in [2.45, 2.75) is 62.6 Å². The average Bonchev–Trinajstić information content (AvgIpc) is 3.20. The normalized spacial score (nSPS) is 19.2. The van der Waals surface area contributed by atoms with E-state index in [0.717, 1.165) is 24.0 Å². The molecule has 0 radical (unpaired) electrons. The summed E-state index contributed by atoms with van der Waals surface area (Å²) < 4.78 is 6.15. The number of phenols is 1. The number of aliphatic hydroxyl groups excluding tert-OH is 1. The van der Waals surface area contributed by atoms with Crippen LogP contribution in [0, 0.1) is 5.92 Å². The Morgan fingerprint density at radius 1 is 1.02 bits per heavy atom. The zero-order valence-electron chi connectivity index (χ0n) is 31.2. The Labute approximate surface area is 320 Å². The molecule has 8 rings (SSSR count). The summed E-state index contributed by atoms with van der Waals surface area (Å²) in [6, 6.07) is 23.2. The van der Waals surface area contributed by atoms with Crippen LogP contribution in [-0.2, 0) is 26.2 Å². The quantitative estimate of drug-likeness (QED) is 0.110. The van der Waals surface area contributed by atoms with E-state index >= 15 is 0 Å². The number of nitrogens with one attached hydrogen (secondary N) is 2. The second-order valence-corrected chi connectivity index (χ2v) is 15.1. The molecule has 12 heteroatoms. The molecular weight excluding hydrogens is 699 g/mol. The molecule has 1 saturated carbocycles. The SMILES string of the molecule is CN(CCCNCC(O)c1ccc(O)c2[nH]c(=O)ccc12)C(=O)c1ccc(CCC(=O)N2CCC(C(=O)OC3CN=C4CC3C4)(c3ccccc3)CC2)cc1. The second kappa shape index (κ2) is 16.6. The molecule has 4 heterocycles. The van der Waals surface area contributed by atoms with E-state index in [2.05, 4.69) is 15.3 Å². The molecule has 0 spiro atoms. The number of esters is 1. The van der Waals surface area contributed by atoms with Crippen LogP contribution >= 0.6 is 0 Å². The van der Waals surface area contributed by atoms with Crippen molar-refractivity contribution in [2.24, 2.45) is 10.9 Å². The van der Waals surface area contributed by atoms with Crippen molar-refractivity contribution in [2.75, 3.05) is 46.3 Å². The predicted octanol–water partition coefficient (Wildman–Crippen LogP) is 4.29. The zero-order valence-corrected chi connectivity index (χ0v) is 31.2. The summed E-state index contributed by atoms with van der Waals surface area (Å²) in [7, 11) is 1.76. The number of hydrogen-bond donors (Lipinski definition) is 4. The molecule has 2 amide bonds. The Hall–Kier alpha value is -5.33. The van der Waals surface area contributed by atoms with Crippen LogP contribution in [0.2, 0.25) is 0 Å². The molecule has 2 atom stereocenters. The number of carbonyl (C=O) groups is 3. The Balaban J connectivity index is 0.842. The van der Waals surface area contributed by atoms with Gasteiger partial charge in [0.2, 0.25) is 11.5 Å². The van der Waals surface area contributed by atoms with E-state index in [1.54, 1.807) is 36.2 Å². The minimum absolute atomic E-state index is 0.0485. The fourth-order valence-corrected chi connectivity index (χ4v) is 8.08. The Morgan fingerprint density at radius 2 is 1.76 bits per heavy atom. The molecule has 2 fully saturated rings. The summed E-state index contributed by atoms with van der Waals surface area (Å²) in [4.78, 5) is 62.7. The lowest BCUT2D eigenvalue weighted by atomic mass is 9.72. The van der Waals surface area contributed by atoms with Crippen LogP contribution in [0.5, 0.6) is 5.75 Å². The Morgan fingerprint density at radius 3 is 2.47 bits per heavy atom. The van der Waals surface area contributed by atoms with Gasteiger partial charge < -0.3 is 35.1 Å². The summed E-state index contributed by atoms with van der Waals surface area (Å²) in [5.41, 5.74) is 3.47. The van der Waals surface area contributed by atoms with Gasteiger partial charge in [-0.3, -0.25) is 24.2 Å². The summed E-state index contributed by atoms with van der Waals surface area (Å²) >= 11 is 0. The summed E-state index contributed by atoms with van der Waals surface area (Å²) in [6.45, 7) is 2.85. The lowest BCUT2D eigenvalue weighted by Gasteiger charge is -2.43. The number of fused-ring (bicyclic) bond motifs is 3. The minimum atomic E-state index is -0.857. The number of carbonyl (C=O) groups excluding carboxylic acids is 3. The van der Waals surface area contributed by atoms with Crippen LogP contribution < -0.4 is 10.9 Å². The third kappa shape index (κ3) is 8.35. The third-order valence-corrected chi connectivity index (χ3v) is 11.6. The molecule has 2 unspecified atom stereocenters. The van der Waals surface area contributed by atoms with Crippen LogP contribution in [0.4, 0.5) is 0 Å². The highest BCUT2D eigenvalue weighted by Gasteiger charge is 2.47. The number of aliphatic hydroxyl groups is 1. The molecule has 1 aliphatic carbocycles. The number of H-pyrrole nitrogens is 1. The summed E-state index contributed by atoms with van der Waals surface area (Å²) in [6.07, 6.45) is 3.40. The Kier molecular flexibility index (Phi) is 11.4. The number of likely N-dealkylation sites (tertiary alicyclic amines) is 1. The predicted molar refractivity (Wildman–Crippen MR) is 209 cm³/mol. The second-order valence-electron chi connectivity index (χ2n) is 15.1. The standard InChI is InChI=1S/C43H49N5O7/c1-47(21-5-20-44-26-36(50)33-13-15-35(49)40-34(33)14-16-38(51)46-40)41(53)29-11-8-28(9-12-29)10-17-39(52)48-22-18-43(19-23-48,31-6-3-2-4-7-31)42(54)55-37-27-45-32-24-30(37)25-32/h2-4,6-9,11-16,30,36-37,44,49-50H,5,10,17-27H2,1H3,(H,46,51). The molecule has 55 heavy (non-hydrogen) atoms. The first-order chi connectivity index (χ1) is 26.6. The number of amides is 2. The molecule has 4 aromatic rings. The maximum atomic E-state index is 13.8. The van der Waals surface area contributed by atoms with Gasteiger partial charge in [0.25, 0.3) is 5.91 Å². The van der Waals surface area contributed by atoms with Crippen molar-refractivity contribution in [3.8, 4) is 5.75 Å². The van der Waals surface area contributed by atoms with Crippen LogP contribution in [0.3, 0.4) is 0 Å². The van der Waals surface area contributed by atoms with E-state index in [1.807, 2.05) is 47.4 Å². The molecule has 4 N–H and O–H groups in total. The van der Waals surface area contributed by atoms with E-state index in [0.29, 0.717) is 87.3 Å². The fraction of sp³-hybridized carbons (Fsp3) is 0.419. The summed E-state index contributed by atoms with van der Waals surface area (Å²) in [5, 5.41) is 24.7. The van der Waals surface area contributed by atoms with Gasteiger partial charge >= 0.3 is 5.97 Å². The number of aromatic hydroxyl groups is 1. The highest BCUT2D eigenvalue weighted by atomic mass is 16.5. The van der Waals surface area contributed by atoms with Crippen molar-refractivity contribution in [3.63, 3.8) is 0 Å². The third-order valence-electron chi connectivity index (χ3n) is 11.6. The molecule has 1 saturated heterocycles. The van der Waals surface area contributed by atoms with Gasteiger partial charge in [0.1, 0.15) is 11.9 Å². The van der Waals surface area contributed by atoms with Gasteiger partial charge in [0.05, 0.1) is 23.6 Å². The minimum Gasteiger partial charge on any atom is -0.506 e. The van der Waals surface area contributed by atoms with E-state index in [1.165, 1.54) is 17.8 Å². The van der Waals surface area contributed by atoms with Gasteiger partial charge in [-0.1, -0.05) is 48.5 Å². The number of nitrogens with zero attached hydrogens (tertiary/aromatic N) is 3. The van der Waals surface area contributed by atoms with E-state index in [-0.39, 0.29) is 47.3 Å². The Bertz CT molecular complexity index is 2100. The van der Waals surface area contributed by atoms with Gasteiger partial charge in [-0.05, 0) is 86.0 Å². The number of hydrogen-bond acceptors (Lipinski definition) is 9. The number of ether oxygens (including phenoxy) is 1. The molecule has 4 aliphatic rings. The lowest BCUT2D eigenvalue weighted by molar-refractivity contribution is -0.162. The maximum Gasteiger partial charge on any atom is 0.317 e. The van der Waals surface area contributed by atoms with Crippen LogP contribution in [-0.4, -0.2) is 101 Å². The van der Waals surface area contributed by atoms with Crippen molar-refractivity contribution in [1.29, 1.82) is 0 Å². The average molecular weight is 748 g/mol. The molecular formula is C43H49N5O7. The van der Waals surface area contributed by atoms with Gasteiger partial charge in [-0.25, -0.2) is 0 Å². The van der Waals surface area contributed by atoms with Crippen molar-refractivity contribution in [1.82, 2.24) is 20.1 Å². The molecule has 3 aromatic carbocycles. The van der Waals surface area contributed by atoms with Gasteiger partial charge in [0.15, 0.2) is 0 Å². The molecule has 3 aliphatic heterocycles. The molecule has 2 bridgehead atoms. The number of phenolic OH excluding ortho intramolecular Hbond substituents is 1. The first-order valence-electron chi connectivity index (χ1n) is 19.3. The summed E-state index contributed by atoms with van der Waals surface area (Å²) in [5.74, 6) is 0.0618. The van der Waals surface area contributed by atoms with Crippen LogP contribution in [0.25, 0.3) is 10.9 Å². The number of aromatic amines is 1. The highest BCUT2D eigenvalue weighted by molar-refractivity contribution is 5.94. The lowest BCUT2D eigenvalue weighted by Crippen LogP contribution is -2.52. The van der Waals surface area contributed by atoms with Gasteiger partial charge in [0, 0.05) is 68.3 Å². The molecule has 12 nitrogen and oxygen atoms in total. The number of aryl methyl sites for hydroxylation is 1. The monoisotopic (exact) mass is 747 g/mol. The van der Waals surface area contributed by atoms with E-state index in [9.17, 15) is 29.4 Å². The van der Waals surface area contributed by atoms with Gasteiger partial charge in [-0.2, -0.15) is 0 Å². The maximum absolute atomic E-state index is 13.8. The molecule has 288 valence electrons. The number of benzene rings is 3. The number of aliphatic imine (C=N–C) groups is 1. The largest absolute Gasteiger partial charge is 0.506 e. The van der Waals surface area contributed by atoms with Crippen LogP contribution in [0.1, 0.15) is 71.7 Å². The number of pyridine rings is 1. The number of piperidine rings is 1. The zero-order chi connectivity index (χ0) is 38.5.